The topological polar surface area (TPSA) is 38.3 Å². The van der Waals surface area contributed by atoms with Crippen molar-refractivity contribution < 1.29 is 9.53 Å². The van der Waals surface area contributed by atoms with E-state index in [9.17, 15) is 4.79 Å². The molecule has 23 heavy (non-hydrogen) atoms. The molecule has 0 radical (unpaired) electrons. The van der Waals surface area contributed by atoms with Gasteiger partial charge in [0.1, 0.15) is 5.75 Å². The van der Waals surface area contributed by atoms with Crippen LogP contribution >= 0.6 is 0 Å². The lowest BCUT2D eigenvalue weighted by atomic mass is 9.99. The second kappa shape index (κ2) is 7.82. The van der Waals surface area contributed by atoms with Crippen LogP contribution in [0.25, 0.3) is 0 Å². The SMILES string of the molecule is CC[C@@H](NC(=O)[C@@H](C)Oc1ccccc1)c1ccc(C)c(C)c1. The van der Waals surface area contributed by atoms with E-state index in [1.807, 2.05) is 30.3 Å². The fourth-order valence-electron chi connectivity index (χ4n) is 2.45. The van der Waals surface area contributed by atoms with E-state index >= 15 is 0 Å². The molecule has 0 aliphatic carbocycles. The monoisotopic (exact) mass is 311 g/mol. The van der Waals surface area contributed by atoms with Crippen LogP contribution in [-0.4, -0.2) is 12.0 Å². The summed E-state index contributed by atoms with van der Waals surface area (Å²) in [5.41, 5.74) is 3.63. The van der Waals surface area contributed by atoms with Gasteiger partial charge in [-0.05, 0) is 56.0 Å². The first kappa shape index (κ1) is 17.1. The Labute approximate surface area is 138 Å². The van der Waals surface area contributed by atoms with Gasteiger partial charge in [0.15, 0.2) is 6.10 Å². The number of ether oxygens (including phenoxy) is 1. The van der Waals surface area contributed by atoms with Crippen molar-refractivity contribution in [3.8, 4) is 5.75 Å². The molecular weight excluding hydrogens is 286 g/mol. The average Bonchev–Trinajstić information content (AvgIpc) is 2.56. The lowest BCUT2D eigenvalue weighted by Crippen LogP contribution is -2.38. The third kappa shape index (κ3) is 4.59. The number of aryl methyl sites for hydroxylation is 2. The van der Waals surface area contributed by atoms with Gasteiger partial charge in [-0.2, -0.15) is 0 Å². The number of benzene rings is 2. The van der Waals surface area contributed by atoms with E-state index in [2.05, 4.69) is 44.3 Å². The molecule has 0 aliphatic rings. The highest BCUT2D eigenvalue weighted by Crippen LogP contribution is 2.20. The second-order valence-corrected chi connectivity index (χ2v) is 5.89. The molecular formula is C20H25NO2. The highest BCUT2D eigenvalue weighted by atomic mass is 16.5. The Kier molecular flexibility index (Phi) is 5.80. The Morgan fingerprint density at radius 1 is 1.09 bits per heavy atom. The molecule has 1 amide bonds. The first-order valence-electron chi connectivity index (χ1n) is 8.10. The highest BCUT2D eigenvalue weighted by molar-refractivity contribution is 5.81. The van der Waals surface area contributed by atoms with E-state index in [1.54, 1.807) is 6.92 Å². The molecule has 1 N–H and O–H groups in total. The van der Waals surface area contributed by atoms with Gasteiger partial charge < -0.3 is 10.1 Å². The summed E-state index contributed by atoms with van der Waals surface area (Å²) in [4.78, 5) is 12.4. The van der Waals surface area contributed by atoms with Gasteiger partial charge in [-0.25, -0.2) is 0 Å². The van der Waals surface area contributed by atoms with Crippen LogP contribution in [-0.2, 0) is 4.79 Å². The summed E-state index contributed by atoms with van der Waals surface area (Å²) in [6.45, 7) is 8.03. The fraction of sp³-hybridized carbons (Fsp3) is 0.350. The van der Waals surface area contributed by atoms with Crippen LogP contribution in [0.3, 0.4) is 0 Å². The average molecular weight is 311 g/mol. The maximum Gasteiger partial charge on any atom is 0.261 e. The van der Waals surface area contributed by atoms with Gasteiger partial charge in [-0.1, -0.05) is 43.3 Å². The van der Waals surface area contributed by atoms with Gasteiger partial charge in [0.05, 0.1) is 6.04 Å². The maximum atomic E-state index is 12.4. The van der Waals surface area contributed by atoms with Crippen LogP contribution in [0.15, 0.2) is 48.5 Å². The first-order valence-corrected chi connectivity index (χ1v) is 8.10. The summed E-state index contributed by atoms with van der Waals surface area (Å²) in [6.07, 6.45) is 0.310. The van der Waals surface area contributed by atoms with Crippen molar-refractivity contribution in [2.24, 2.45) is 0 Å². The predicted molar refractivity (Wildman–Crippen MR) is 93.6 cm³/mol. The van der Waals surface area contributed by atoms with Crippen molar-refractivity contribution in [1.29, 1.82) is 0 Å². The number of nitrogens with one attached hydrogen (secondary N) is 1. The van der Waals surface area contributed by atoms with E-state index in [-0.39, 0.29) is 11.9 Å². The Balaban J connectivity index is 2.02. The van der Waals surface area contributed by atoms with Gasteiger partial charge in [0.2, 0.25) is 0 Å². The Morgan fingerprint density at radius 3 is 2.39 bits per heavy atom. The minimum absolute atomic E-state index is 0.00335. The molecule has 0 unspecified atom stereocenters. The van der Waals surface area contributed by atoms with Gasteiger partial charge in [0.25, 0.3) is 5.91 Å². The maximum absolute atomic E-state index is 12.4. The van der Waals surface area contributed by atoms with Crippen molar-refractivity contribution in [3.63, 3.8) is 0 Å². The Bertz CT molecular complexity index is 652. The fourth-order valence-corrected chi connectivity index (χ4v) is 2.45. The molecule has 0 heterocycles. The zero-order valence-corrected chi connectivity index (χ0v) is 14.3. The van der Waals surface area contributed by atoms with Crippen LogP contribution in [0.1, 0.15) is 43.0 Å². The molecule has 2 atom stereocenters. The largest absolute Gasteiger partial charge is 0.481 e. The molecule has 0 saturated heterocycles. The minimum Gasteiger partial charge on any atom is -0.481 e. The molecule has 2 aromatic rings. The van der Waals surface area contributed by atoms with E-state index in [1.165, 1.54) is 11.1 Å². The summed E-state index contributed by atoms with van der Waals surface area (Å²) >= 11 is 0. The molecule has 0 fully saturated rings. The molecule has 0 aliphatic heterocycles. The summed E-state index contributed by atoms with van der Waals surface area (Å²) in [5, 5.41) is 3.09. The molecule has 0 aromatic heterocycles. The van der Waals surface area contributed by atoms with Crippen molar-refractivity contribution in [1.82, 2.24) is 5.32 Å². The van der Waals surface area contributed by atoms with Crippen LogP contribution in [0.4, 0.5) is 0 Å². The summed E-state index contributed by atoms with van der Waals surface area (Å²) in [7, 11) is 0. The molecule has 0 saturated carbocycles. The van der Waals surface area contributed by atoms with Gasteiger partial charge in [0, 0.05) is 0 Å². The quantitative estimate of drug-likeness (QED) is 0.862. The molecule has 2 aromatic carbocycles. The van der Waals surface area contributed by atoms with Crippen molar-refractivity contribution in [3.05, 3.63) is 65.2 Å². The Morgan fingerprint density at radius 2 is 1.78 bits per heavy atom. The minimum atomic E-state index is -0.530. The van der Waals surface area contributed by atoms with Crippen molar-refractivity contribution in [2.45, 2.75) is 46.3 Å². The second-order valence-electron chi connectivity index (χ2n) is 5.89. The zero-order chi connectivity index (χ0) is 16.8. The van der Waals surface area contributed by atoms with E-state index < -0.39 is 6.10 Å². The zero-order valence-electron chi connectivity index (χ0n) is 14.3. The first-order chi connectivity index (χ1) is 11.0. The summed E-state index contributed by atoms with van der Waals surface area (Å²) in [6, 6.07) is 15.7. The highest BCUT2D eigenvalue weighted by Gasteiger charge is 2.19. The summed E-state index contributed by atoms with van der Waals surface area (Å²) < 4.78 is 5.69. The number of amides is 1. The molecule has 3 nitrogen and oxygen atoms in total. The Hall–Kier alpha value is -2.29. The van der Waals surface area contributed by atoms with E-state index in [0.29, 0.717) is 5.75 Å². The van der Waals surface area contributed by atoms with Crippen molar-refractivity contribution >= 4 is 5.91 Å². The number of carbonyl (C=O) groups is 1. The van der Waals surface area contributed by atoms with Gasteiger partial charge in [-0.15, -0.1) is 0 Å². The van der Waals surface area contributed by atoms with Gasteiger partial charge >= 0.3 is 0 Å². The number of para-hydroxylation sites is 1. The number of carbonyl (C=O) groups excluding carboxylic acids is 1. The van der Waals surface area contributed by atoms with Crippen LogP contribution in [0.5, 0.6) is 5.75 Å². The molecule has 122 valence electrons. The van der Waals surface area contributed by atoms with E-state index in [0.717, 1.165) is 12.0 Å². The molecule has 3 heteroatoms. The lowest BCUT2D eigenvalue weighted by Gasteiger charge is -2.21. The smallest absolute Gasteiger partial charge is 0.261 e. The molecule has 0 bridgehead atoms. The van der Waals surface area contributed by atoms with Crippen LogP contribution < -0.4 is 10.1 Å². The van der Waals surface area contributed by atoms with E-state index in [4.69, 9.17) is 4.74 Å². The molecule has 0 spiro atoms. The predicted octanol–water partition coefficient (Wildman–Crippen LogP) is 4.34. The normalized spacial score (nSPS) is 13.2. The van der Waals surface area contributed by atoms with Crippen LogP contribution in [0, 0.1) is 13.8 Å². The molecule has 2 rings (SSSR count). The van der Waals surface area contributed by atoms with Crippen molar-refractivity contribution in [2.75, 3.05) is 0 Å². The summed E-state index contributed by atoms with van der Waals surface area (Å²) in [5.74, 6) is 0.605. The third-order valence-corrected chi connectivity index (χ3v) is 4.08. The van der Waals surface area contributed by atoms with Gasteiger partial charge in [-0.3, -0.25) is 4.79 Å². The standard InChI is InChI=1S/C20H25NO2/c1-5-19(17-12-11-14(2)15(3)13-17)21-20(22)16(4)23-18-9-7-6-8-10-18/h6-13,16,19H,5H2,1-4H3,(H,21,22)/t16-,19-/m1/s1. The number of rotatable bonds is 6. The third-order valence-electron chi connectivity index (χ3n) is 4.08. The number of hydrogen-bond donors (Lipinski definition) is 1. The lowest BCUT2D eigenvalue weighted by molar-refractivity contribution is -0.128. The van der Waals surface area contributed by atoms with Crippen LogP contribution in [0.2, 0.25) is 0 Å². The number of hydrogen-bond acceptors (Lipinski definition) is 2.